The lowest BCUT2D eigenvalue weighted by Crippen LogP contribution is -2.27. The number of carbonyl (C=O) groups excluding carboxylic acids is 1. The molecule has 1 fully saturated rings. The average Bonchev–Trinajstić information content (AvgIpc) is 3.14. The molecule has 4 heteroatoms. The van der Waals surface area contributed by atoms with E-state index in [0.29, 0.717) is 11.8 Å². The van der Waals surface area contributed by atoms with E-state index >= 15 is 0 Å². The normalized spacial score (nSPS) is 16.5. The van der Waals surface area contributed by atoms with E-state index in [4.69, 9.17) is 5.73 Å². The highest BCUT2D eigenvalue weighted by atomic mass is 32.2. The Kier molecular flexibility index (Phi) is 4.45. The van der Waals surface area contributed by atoms with Gasteiger partial charge in [0.25, 0.3) is 0 Å². The van der Waals surface area contributed by atoms with Crippen LogP contribution in [0.25, 0.3) is 0 Å². The maximum Gasteiger partial charge on any atom is 0.230 e. The second-order valence-corrected chi connectivity index (χ2v) is 5.40. The van der Waals surface area contributed by atoms with Crippen LogP contribution >= 0.6 is 11.8 Å². The SMILES string of the molecule is NC(CSCC(=O)NC1CC1)c1ccccc1. The first-order chi connectivity index (χ1) is 8.25. The lowest BCUT2D eigenvalue weighted by atomic mass is 10.1. The standard InChI is InChI=1S/C13H18N2OS/c14-12(10-4-2-1-3-5-10)8-17-9-13(16)15-11-6-7-11/h1-5,11-12H,6-9,14H2,(H,15,16). The van der Waals surface area contributed by atoms with Crippen molar-refractivity contribution in [1.82, 2.24) is 5.32 Å². The van der Waals surface area contributed by atoms with Gasteiger partial charge >= 0.3 is 0 Å². The minimum absolute atomic E-state index is 0.00919. The third-order valence-corrected chi connectivity index (χ3v) is 3.76. The zero-order valence-corrected chi connectivity index (χ0v) is 10.6. The predicted octanol–water partition coefficient (Wildman–Crippen LogP) is 1.70. The minimum Gasteiger partial charge on any atom is -0.353 e. The van der Waals surface area contributed by atoms with Gasteiger partial charge < -0.3 is 11.1 Å². The molecule has 1 saturated carbocycles. The zero-order chi connectivity index (χ0) is 12.1. The lowest BCUT2D eigenvalue weighted by molar-refractivity contribution is -0.118. The minimum atomic E-state index is 0.00919. The van der Waals surface area contributed by atoms with E-state index < -0.39 is 0 Å². The van der Waals surface area contributed by atoms with Gasteiger partial charge in [0, 0.05) is 17.8 Å². The summed E-state index contributed by atoms with van der Waals surface area (Å²) in [6.45, 7) is 0. The van der Waals surface area contributed by atoms with Crippen LogP contribution in [0.1, 0.15) is 24.4 Å². The highest BCUT2D eigenvalue weighted by Crippen LogP contribution is 2.19. The zero-order valence-electron chi connectivity index (χ0n) is 9.76. The largest absolute Gasteiger partial charge is 0.353 e. The quantitative estimate of drug-likeness (QED) is 0.808. The molecule has 3 nitrogen and oxygen atoms in total. The fraction of sp³-hybridized carbons (Fsp3) is 0.462. The summed E-state index contributed by atoms with van der Waals surface area (Å²) in [4.78, 5) is 11.4. The second-order valence-electron chi connectivity index (χ2n) is 4.37. The summed E-state index contributed by atoms with van der Waals surface area (Å²) in [5.41, 5.74) is 7.17. The maximum absolute atomic E-state index is 11.4. The molecular weight excluding hydrogens is 232 g/mol. The Morgan fingerprint density at radius 3 is 2.76 bits per heavy atom. The molecule has 0 aliphatic heterocycles. The van der Waals surface area contributed by atoms with Crippen molar-refractivity contribution in [2.45, 2.75) is 24.9 Å². The van der Waals surface area contributed by atoms with Crippen LogP contribution in [-0.2, 0) is 4.79 Å². The number of amides is 1. The first-order valence-corrected chi connectivity index (χ1v) is 7.09. The van der Waals surface area contributed by atoms with E-state index in [2.05, 4.69) is 5.32 Å². The van der Waals surface area contributed by atoms with E-state index in [1.54, 1.807) is 11.8 Å². The smallest absolute Gasteiger partial charge is 0.230 e. The van der Waals surface area contributed by atoms with Crippen LogP contribution in [0, 0.1) is 0 Å². The molecular formula is C13H18N2OS. The van der Waals surface area contributed by atoms with Crippen LogP contribution in [0.15, 0.2) is 30.3 Å². The molecule has 0 radical (unpaired) electrons. The van der Waals surface area contributed by atoms with Crippen molar-refractivity contribution >= 4 is 17.7 Å². The fourth-order valence-corrected chi connectivity index (χ4v) is 2.41. The van der Waals surface area contributed by atoms with Crippen molar-refractivity contribution < 1.29 is 4.79 Å². The topological polar surface area (TPSA) is 55.1 Å². The Bertz CT molecular complexity index is 365. The van der Waals surface area contributed by atoms with Crippen molar-refractivity contribution in [1.29, 1.82) is 0 Å². The van der Waals surface area contributed by atoms with Gasteiger partial charge in [-0.25, -0.2) is 0 Å². The van der Waals surface area contributed by atoms with E-state index in [1.165, 1.54) is 0 Å². The third kappa shape index (κ3) is 4.40. The molecule has 1 aliphatic rings. The number of nitrogens with two attached hydrogens (primary N) is 1. The van der Waals surface area contributed by atoms with Gasteiger partial charge in [-0.1, -0.05) is 30.3 Å². The van der Waals surface area contributed by atoms with Crippen molar-refractivity contribution in [2.24, 2.45) is 5.73 Å². The predicted molar refractivity (Wildman–Crippen MR) is 71.9 cm³/mol. The van der Waals surface area contributed by atoms with Crippen LogP contribution in [0.2, 0.25) is 0 Å². The van der Waals surface area contributed by atoms with E-state index in [9.17, 15) is 4.79 Å². The molecule has 1 aromatic rings. The number of rotatable bonds is 6. The average molecular weight is 250 g/mol. The highest BCUT2D eigenvalue weighted by molar-refractivity contribution is 7.99. The molecule has 0 heterocycles. The molecule has 0 aromatic heterocycles. The Morgan fingerprint density at radius 1 is 1.41 bits per heavy atom. The van der Waals surface area contributed by atoms with Gasteiger partial charge in [0.05, 0.1) is 5.75 Å². The van der Waals surface area contributed by atoms with Crippen molar-refractivity contribution in [2.75, 3.05) is 11.5 Å². The molecule has 1 atom stereocenters. The number of benzene rings is 1. The Morgan fingerprint density at radius 2 is 2.12 bits per heavy atom. The maximum atomic E-state index is 11.4. The summed E-state index contributed by atoms with van der Waals surface area (Å²) >= 11 is 1.60. The van der Waals surface area contributed by atoms with Gasteiger partial charge in [-0.15, -0.1) is 0 Å². The number of thioether (sulfide) groups is 1. The molecule has 3 N–H and O–H groups in total. The first-order valence-electron chi connectivity index (χ1n) is 5.93. The van der Waals surface area contributed by atoms with E-state index in [0.717, 1.165) is 24.2 Å². The number of nitrogens with one attached hydrogen (secondary N) is 1. The number of hydrogen-bond donors (Lipinski definition) is 2. The van der Waals surface area contributed by atoms with Crippen LogP contribution < -0.4 is 11.1 Å². The number of carbonyl (C=O) groups is 1. The van der Waals surface area contributed by atoms with Gasteiger partial charge in [-0.05, 0) is 18.4 Å². The van der Waals surface area contributed by atoms with Crippen LogP contribution in [0.5, 0.6) is 0 Å². The summed E-state index contributed by atoms with van der Waals surface area (Å²) in [6, 6.07) is 10.5. The molecule has 0 bridgehead atoms. The third-order valence-electron chi connectivity index (χ3n) is 2.70. The highest BCUT2D eigenvalue weighted by Gasteiger charge is 2.22. The molecule has 92 valence electrons. The molecule has 2 rings (SSSR count). The van der Waals surface area contributed by atoms with Crippen LogP contribution in [-0.4, -0.2) is 23.5 Å². The number of hydrogen-bond acceptors (Lipinski definition) is 3. The molecule has 17 heavy (non-hydrogen) atoms. The van der Waals surface area contributed by atoms with Crippen molar-refractivity contribution in [3.63, 3.8) is 0 Å². The Labute approximate surface area is 106 Å². The lowest BCUT2D eigenvalue weighted by Gasteiger charge is -2.11. The molecule has 1 aromatic carbocycles. The van der Waals surface area contributed by atoms with Gasteiger partial charge in [0.2, 0.25) is 5.91 Å². The summed E-state index contributed by atoms with van der Waals surface area (Å²) in [6.07, 6.45) is 2.28. The van der Waals surface area contributed by atoms with Gasteiger partial charge in [-0.3, -0.25) is 4.79 Å². The molecule has 0 saturated heterocycles. The van der Waals surface area contributed by atoms with Crippen LogP contribution in [0.4, 0.5) is 0 Å². The fourth-order valence-electron chi connectivity index (χ4n) is 1.57. The second kappa shape index (κ2) is 6.07. The van der Waals surface area contributed by atoms with Gasteiger partial charge in [-0.2, -0.15) is 11.8 Å². The van der Waals surface area contributed by atoms with Crippen LogP contribution in [0.3, 0.4) is 0 Å². The summed E-state index contributed by atoms with van der Waals surface area (Å²) in [5.74, 6) is 1.43. The summed E-state index contributed by atoms with van der Waals surface area (Å²) in [7, 11) is 0. The Hall–Kier alpha value is -1.00. The monoisotopic (exact) mass is 250 g/mol. The first kappa shape index (κ1) is 12.5. The van der Waals surface area contributed by atoms with Crippen molar-refractivity contribution in [3.05, 3.63) is 35.9 Å². The van der Waals surface area contributed by atoms with E-state index in [-0.39, 0.29) is 11.9 Å². The Balaban J connectivity index is 1.65. The molecule has 1 unspecified atom stereocenters. The summed E-state index contributed by atoms with van der Waals surface area (Å²) in [5, 5.41) is 2.97. The molecule has 1 aliphatic carbocycles. The van der Waals surface area contributed by atoms with Gasteiger partial charge in [0.1, 0.15) is 0 Å². The summed E-state index contributed by atoms with van der Waals surface area (Å²) < 4.78 is 0. The van der Waals surface area contributed by atoms with Crippen molar-refractivity contribution in [3.8, 4) is 0 Å². The van der Waals surface area contributed by atoms with E-state index in [1.807, 2.05) is 30.3 Å². The van der Waals surface area contributed by atoms with Gasteiger partial charge in [0.15, 0.2) is 0 Å². The molecule has 1 amide bonds. The molecule has 0 spiro atoms.